The summed E-state index contributed by atoms with van der Waals surface area (Å²) in [6.07, 6.45) is 13.7. The van der Waals surface area contributed by atoms with Gasteiger partial charge in [-0.2, -0.15) is 8.78 Å². The summed E-state index contributed by atoms with van der Waals surface area (Å²) >= 11 is 0. The maximum atomic E-state index is 13.9. The molecule has 32 heavy (non-hydrogen) atoms. The Morgan fingerprint density at radius 1 is 0.938 bits per heavy atom. The Labute approximate surface area is 188 Å². The normalized spacial score (nSPS) is 32.8. The van der Waals surface area contributed by atoms with Gasteiger partial charge in [-0.15, -0.1) is 6.58 Å². The molecule has 0 N–H and O–H groups in total. The number of carbonyl (C=O) groups excluding carboxylic acids is 1. The Morgan fingerprint density at radius 2 is 1.56 bits per heavy atom. The van der Waals surface area contributed by atoms with Crippen LogP contribution >= 0.6 is 0 Å². The maximum absolute atomic E-state index is 13.9. The van der Waals surface area contributed by atoms with E-state index >= 15 is 0 Å². The average Bonchev–Trinajstić information content (AvgIpc) is 2.80. The maximum Gasteiger partial charge on any atom is 0.387 e. The molecular weight excluding hydrogens is 417 g/mol. The Balaban J connectivity index is 1.25. The Bertz CT molecular complexity index is 804. The molecule has 0 spiro atoms. The first kappa shape index (κ1) is 23.2. The molecule has 4 rings (SSSR count). The zero-order chi connectivity index (χ0) is 22.7. The van der Waals surface area contributed by atoms with E-state index in [1.807, 2.05) is 0 Å². The van der Waals surface area contributed by atoms with Crippen LogP contribution in [0, 0.1) is 41.3 Å². The lowest BCUT2D eigenvalue weighted by Gasteiger charge is -2.45. The topological polar surface area (TPSA) is 35.5 Å². The summed E-state index contributed by atoms with van der Waals surface area (Å²) in [5.41, 5.74) is 0. The van der Waals surface area contributed by atoms with Crippen LogP contribution in [0.1, 0.15) is 64.2 Å². The minimum absolute atomic E-state index is 0.0182. The highest BCUT2D eigenvalue weighted by molar-refractivity contribution is 5.75. The molecule has 4 atom stereocenters. The molecule has 6 heteroatoms. The Morgan fingerprint density at radius 3 is 2.22 bits per heavy atom. The number of hydrogen-bond acceptors (Lipinski definition) is 3. The van der Waals surface area contributed by atoms with E-state index < -0.39 is 18.2 Å². The summed E-state index contributed by atoms with van der Waals surface area (Å²) in [6, 6.07) is 3.25. The number of allylic oxidation sites excluding steroid dienone is 1. The molecule has 0 radical (unpaired) electrons. The third kappa shape index (κ3) is 5.49. The zero-order valence-electron chi connectivity index (χ0n) is 18.5. The SMILES string of the molecule is C=CC1CCC2CC(C3CCC(C(=O)Oc4ccc(OC(F)F)c(F)c4)CC3)CCC2C1. The molecule has 0 heterocycles. The molecule has 1 aromatic carbocycles. The van der Waals surface area contributed by atoms with Gasteiger partial charge in [0.25, 0.3) is 0 Å². The molecule has 3 aliphatic carbocycles. The van der Waals surface area contributed by atoms with Crippen LogP contribution in [0.3, 0.4) is 0 Å². The summed E-state index contributed by atoms with van der Waals surface area (Å²) in [4.78, 5) is 12.6. The summed E-state index contributed by atoms with van der Waals surface area (Å²) < 4.78 is 47.8. The number of esters is 1. The van der Waals surface area contributed by atoms with E-state index in [4.69, 9.17) is 4.74 Å². The lowest BCUT2D eigenvalue weighted by molar-refractivity contribution is -0.140. The van der Waals surface area contributed by atoms with Crippen molar-refractivity contribution in [1.82, 2.24) is 0 Å². The fourth-order valence-electron chi connectivity index (χ4n) is 6.37. The molecule has 0 saturated heterocycles. The molecule has 0 amide bonds. The molecule has 3 aliphatic rings. The van der Waals surface area contributed by atoms with Crippen LogP contribution in [0.4, 0.5) is 13.2 Å². The second kappa shape index (κ2) is 10.3. The first-order valence-electron chi connectivity index (χ1n) is 12.0. The van der Waals surface area contributed by atoms with Crippen LogP contribution in [0.15, 0.2) is 30.9 Å². The van der Waals surface area contributed by atoms with Crippen molar-refractivity contribution in [2.24, 2.45) is 35.5 Å². The van der Waals surface area contributed by atoms with Gasteiger partial charge in [0.05, 0.1) is 5.92 Å². The van der Waals surface area contributed by atoms with Crippen LogP contribution < -0.4 is 9.47 Å². The quantitative estimate of drug-likeness (QED) is 0.262. The van der Waals surface area contributed by atoms with Gasteiger partial charge in [0.1, 0.15) is 5.75 Å². The van der Waals surface area contributed by atoms with E-state index in [0.29, 0.717) is 11.8 Å². The number of rotatable bonds is 6. The number of hydrogen-bond donors (Lipinski definition) is 0. The van der Waals surface area contributed by atoms with Gasteiger partial charge in [0, 0.05) is 6.07 Å². The van der Waals surface area contributed by atoms with Gasteiger partial charge in [-0.05, 0) is 106 Å². The lowest BCUT2D eigenvalue weighted by Crippen LogP contribution is -2.35. The van der Waals surface area contributed by atoms with E-state index in [-0.39, 0.29) is 17.6 Å². The first-order chi connectivity index (χ1) is 15.4. The van der Waals surface area contributed by atoms with Crippen LogP contribution in [0.5, 0.6) is 11.5 Å². The van der Waals surface area contributed by atoms with Crippen molar-refractivity contribution < 1.29 is 27.4 Å². The molecule has 4 unspecified atom stereocenters. The van der Waals surface area contributed by atoms with Crippen LogP contribution in [-0.4, -0.2) is 12.6 Å². The Hall–Kier alpha value is -1.98. The highest BCUT2D eigenvalue weighted by Gasteiger charge is 2.39. The Kier molecular flexibility index (Phi) is 7.47. The second-order valence-corrected chi connectivity index (χ2v) is 9.91. The third-order valence-corrected chi connectivity index (χ3v) is 8.14. The summed E-state index contributed by atoms with van der Waals surface area (Å²) in [7, 11) is 0. The number of ether oxygens (including phenoxy) is 2. The van der Waals surface area contributed by atoms with Crippen molar-refractivity contribution in [3.05, 3.63) is 36.7 Å². The van der Waals surface area contributed by atoms with Crippen LogP contribution in [0.2, 0.25) is 0 Å². The number of alkyl halides is 2. The third-order valence-electron chi connectivity index (χ3n) is 8.14. The minimum Gasteiger partial charge on any atom is -0.432 e. The van der Waals surface area contributed by atoms with E-state index in [2.05, 4.69) is 17.4 Å². The van der Waals surface area contributed by atoms with Crippen molar-refractivity contribution in [1.29, 1.82) is 0 Å². The number of fused-ring (bicyclic) bond motifs is 1. The van der Waals surface area contributed by atoms with Crippen molar-refractivity contribution >= 4 is 5.97 Å². The average molecular weight is 451 g/mol. The number of carbonyl (C=O) groups is 1. The molecule has 3 saturated carbocycles. The molecule has 1 aromatic rings. The predicted molar refractivity (Wildman–Crippen MR) is 116 cm³/mol. The summed E-state index contributed by atoms with van der Waals surface area (Å²) in [5, 5.41) is 0. The van der Waals surface area contributed by atoms with Gasteiger partial charge >= 0.3 is 12.6 Å². The summed E-state index contributed by atoms with van der Waals surface area (Å²) in [6.45, 7) is 0.881. The fraction of sp³-hybridized carbons (Fsp3) is 0.654. The summed E-state index contributed by atoms with van der Waals surface area (Å²) in [5.74, 6) is 1.81. The van der Waals surface area contributed by atoms with E-state index in [1.54, 1.807) is 0 Å². The largest absolute Gasteiger partial charge is 0.432 e. The van der Waals surface area contributed by atoms with Gasteiger partial charge in [-0.25, -0.2) is 4.39 Å². The van der Waals surface area contributed by atoms with Gasteiger partial charge in [0.2, 0.25) is 0 Å². The molecule has 3 nitrogen and oxygen atoms in total. The monoisotopic (exact) mass is 450 g/mol. The molecule has 0 aliphatic heterocycles. The minimum atomic E-state index is -3.11. The van der Waals surface area contributed by atoms with Crippen LogP contribution in [-0.2, 0) is 4.79 Å². The molecular formula is C26H33F3O3. The standard InChI is InChI=1S/C26H33F3O3/c1-2-16-3-4-21-14-20(10-9-19(21)13-16)17-5-7-18(8-6-17)25(30)31-22-11-12-24(23(27)15-22)32-26(28)29/h2,11-12,15-21,26H,1,3-10,13-14H2. The number of halogens is 3. The molecule has 0 bridgehead atoms. The number of benzene rings is 1. The highest BCUT2D eigenvalue weighted by Crippen LogP contribution is 2.49. The molecule has 0 aromatic heterocycles. The van der Waals surface area contributed by atoms with Crippen molar-refractivity contribution in [2.75, 3.05) is 0 Å². The van der Waals surface area contributed by atoms with Crippen molar-refractivity contribution in [3.8, 4) is 11.5 Å². The van der Waals surface area contributed by atoms with Crippen LogP contribution in [0.25, 0.3) is 0 Å². The zero-order valence-corrected chi connectivity index (χ0v) is 18.5. The van der Waals surface area contributed by atoms with Crippen molar-refractivity contribution in [2.45, 2.75) is 70.8 Å². The first-order valence-corrected chi connectivity index (χ1v) is 12.0. The van der Waals surface area contributed by atoms with E-state index in [9.17, 15) is 18.0 Å². The smallest absolute Gasteiger partial charge is 0.387 e. The van der Waals surface area contributed by atoms with E-state index in [1.165, 1.54) is 44.6 Å². The molecule has 176 valence electrons. The second-order valence-electron chi connectivity index (χ2n) is 9.91. The fourth-order valence-corrected chi connectivity index (χ4v) is 6.37. The lowest BCUT2D eigenvalue weighted by atomic mass is 9.61. The highest BCUT2D eigenvalue weighted by atomic mass is 19.3. The molecule has 3 fully saturated rings. The van der Waals surface area contributed by atoms with Gasteiger partial charge in [-0.3, -0.25) is 4.79 Å². The van der Waals surface area contributed by atoms with Gasteiger partial charge in [0.15, 0.2) is 11.6 Å². The van der Waals surface area contributed by atoms with Gasteiger partial charge < -0.3 is 9.47 Å². The van der Waals surface area contributed by atoms with Crippen molar-refractivity contribution in [3.63, 3.8) is 0 Å². The predicted octanol–water partition coefficient (Wildman–Crippen LogP) is 7.16. The van der Waals surface area contributed by atoms with Gasteiger partial charge in [-0.1, -0.05) is 6.08 Å². The van der Waals surface area contributed by atoms with E-state index in [0.717, 1.165) is 55.6 Å².